The van der Waals surface area contributed by atoms with Crippen LogP contribution in [0.1, 0.15) is 51.7 Å². The molecular weight excluding hydrogens is 506 g/mol. The van der Waals surface area contributed by atoms with E-state index in [1.807, 2.05) is 78.3 Å². The van der Waals surface area contributed by atoms with Gasteiger partial charge in [-0.25, -0.2) is 0 Å². The molecule has 0 unspecified atom stereocenters. The maximum absolute atomic E-state index is 13.7. The van der Waals surface area contributed by atoms with Crippen LogP contribution in [-0.4, -0.2) is 71.9 Å². The van der Waals surface area contributed by atoms with Gasteiger partial charge < -0.3 is 15.0 Å². The number of nitrogens with zero attached hydrogens (tertiary/aromatic N) is 2. The van der Waals surface area contributed by atoms with Crippen molar-refractivity contribution >= 4 is 23.6 Å². The number of benzene rings is 2. The molecule has 1 heterocycles. The van der Waals surface area contributed by atoms with E-state index < -0.39 is 6.04 Å². The zero-order valence-electron chi connectivity index (χ0n) is 24.4. The Bertz CT molecular complexity index is 1010. The molecule has 0 radical (unpaired) electrons. The van der Waals surface area contributed by atoms with E-state index >= 15 is 0 Å². The average Bonchev–Trinajstić information content (AvgIpc) is 2.94. The van der Waals surface area contributed by atoms with Gasteiger partial charge in [-0.15, -0.1) is 0 Å². The van der Waals surface area contributed by atoms with E-state index in [1.54, 1.807) is 0 Å². The summed E-state index contributed by atoms with van der Waals surface area (Å²) in [6.45, 7) is 11.5. The highest BCUT2D eigenvalue weighted by Crippen LogP contribution is 2.19. The number of ether oxygens (including phenoxy) is 1. The van der Waals surface area contributed by atoms with Crippen LogP contribution in [0.15, 0.2) is 54.6 Å². The van der Waals surface area contributed by atoms with Crippen molar-refractivity contribution in [2.75, 3.05) is 38.2 Å². The molecule has 2 aromatic carbocycles. The molecule has 39 heavy (non-hydrogen) atoms. The first-order valence-electron chi connectivity index (χ1n) is 14.4. The summed E-state index contributed by atoms with van der Waals surface area (Å²) < 4.78 is 5.94. The van der Waals surface area contributed by atoms with Gasteiger partial charge >= 0.3 is 0 Å². The number of rotatable bonds is 14. The van der Waals surface area contributed by atoms with Crippen LogP contribution in [0.2, 0.25) is 0 Å². The largest absolute Gasteiger partial charge is 0.489 e. The fourth-order valence-corrected chi connectivity index (χ4v) is 5.62. The van der Waals surface area contributed by atoms with Gasteiger partial charge in [0.15, 0.2) is 0 Å². The summed E-state index contributed by atoms with van der Waals surface area (Å²) in [6.07, 6.45) is 2.25. The van der Waals surface area contributed by atoms with Crippen LogP contribution >= 0.6 is 11.8 Å². The maximum Gasteiger partial charge on any atom is 0.245 e. The highest BCUT2D eigenvalue weighted by Gasteiger charge is 2.31. The topological polar surface area (TPSA) is 61.9 Å². The fourth-order valence-electron chi connectivity index (χ4n) is 4.72. The molecule has 6 nitrogen and oxygen atoms in total. The van der Waals surface area contributed by atoms with Crippen LogP contribution in [0, 0.1) is 11.8 Å². The number of nitrogens with one attached hydrogen (secondary N) is 1. The van der Waals surface area contributed by atoms with Crippen LogP contribution < -0.4 is 10.1 Å². The zero-order chi connectivity index (χ0) is 28.2. The van der Waals surface area contributed by atoms with Gasteiger partial charge in [-0.05, 0) is 61.5 Å². The Morgan fingerprint density at radius 3 is 2.23 bits per heavy atom. The first-order chi connectivity index (χ1) is 18.7. The predicted octanol–water partition coefficient (Wildman–Crippen LogP) is 5.26. The average molecular weight is 554 g/mol. The Morgan fingerprint density at radius 2 is 1.62 bits per heavy atom. The van der Waals surface area contributed by atoms with Crippen LogP contribution in [-0.2, 0) is 22.6 Å². The molecule has 1 aliphatic rings. The van der Waals surface area contributed by atoms with Gasteiger partial charge in [0.05, 0.1) is 6.04 Å². The van der Waals surface area contributed by atoms with Gasteiger partial charge in [0.1, 0.15) is 18.4 Å². The number of carbonyl (C=O) groups excluding carboxylic acids is 2. The summed E-state index contributed by atoms with van der Waals surface area (Å²) in [5.74, 6) is 3.57. The summed E-state index contributed by atoms with van der Waals surface area (Å²) >= 11 is 1.87. The zero-order valence-corrected chi connectivity index (χ0v) is 25.2. The van der Waals surface area contributed by atoms with E-state index in [1.165, 1.54) is 0 Å². The summed E-state index contributed by atoms with van der Waals surface area (Å²) in [6, 6.07) is 17.1. The second kappa shape index (κ2) is 15.9. The lowest BCUT2D eigenvalue weighted by atomic mass is 9.99. The van der Waals surface area contributed by atoms with Gasteiger partial charge in [0.25, 0.3) is 0 Å². The molecule has 7 heteroatoms. The standard InChI is InChI=1S/C32H47N3O3S/c1-24(2)15-16-34(5)30(21-25(3)4)31(36)33-29(32(37)35-17-19-39-20-18-35)22-26-11-13-28(14-12-26)38-23-27-9-7-6-8-10-27/h6-14,24-25,29-30H,15-23H2,1-5H3,(H,33,36)/t29-,30-/m0/s1. The minimum Gasteiger partial charge on any atom is -0.489 e. The SMILES string of the molecule is CC(C)CCN(C)[C@@H](CC(C)C)C(=O)N[C@@H](Cc1ccc(OCc2ccccc2)cc1)C(=O)N1CCSCC1. The van der Waals surface area contributed by atoms with Crippen molar-refractivity contribution in [3.05, 3.63) is 65.7 Å². The number of likely N-dealkylation sites (N-methyl/N-ethyl adjacent to an activating group) is 1. The molecule has 2 atom stereocenters. The number of amides is 2. The van der Waals surface area contributed by atoms with Crippen LogP contribution in [0.4, 0.5) is 0 Å². The van der Waals surface area contributed by atoms with Gasteiger partial charge in [-0.3, -0.25) is 14.5 Å². The monoisotopic (exact) mass is 553 g/mol. The number of thioether (sulfide) groups is 1. The third-order valence-electron chi connectivity index (χ3n) is 7.14. The van der Waals surface area contributed by atoms with Gasteiger partial charge in [-0.1, -0.05) is 70.2 Å². The first kappa shape index (κ1) is 31.0. The lowest BCUT2D eigenvalue weighted by molar-refractivity contribution is -0.137. The Balaban J connectivity index is 1.71. The van der Waals surface area contributed by atoms with E-state index in [2.05, 4.69) is 37.9 Å². The number of hydrogen-bond donors (Lipinski definition) is 1. The smallest absolute Gasteiger partial charge is 0.245 e. The molecule has 1 aliphatic heterocycles. The van der Waals surface area contributed by atoms with E-state index in [-0.39, 0.29) is 17.9 Å². The molecule has 1 fully saturated rings. The molecular formula is C32H47N3O3S. The number of carbonyl (C=O) groups is 2. The van der Waals surface area contributed by atoms with Crippen LogP contribution in [0.5, 0.6) is 5.75 Å². The van der Waals surface area contributed by atoms with Crippen molar-refractivity contribution < 1.29 is 14.3 Å². The highest BCUT2D eigenvalue weighted by molar-refractivity contribution is 7.99. The third-order valence-corrected chi connectivity index (χ3v) is 8.08. The summed E-state index contributed by atoms with van der Waals surface area (Å²) in [7, 11) is 2.03. The second-order valence-electron chi connectivity index (χ2n) is 11.4. The minimum atomic E-state index is -0.593. The van der Waals surface area contributed by atoms with Crippen molar-refractivity contribution in [2.24, 2.45) is 11.8 Å². The van der Waals surface area contributed by atoms with Crippen molar-refractivity contribution in [1.29, 1.82) is 0 Å². The van der Waals surface area contributed by atoms with E-state index in [9.17, 15) is 9.59 Å². The molecule has 0 bridgehead atoms. The van der Waals surface area contributed by atoms with Gasteiger partial charge in [0.2, 0.25) is 11.8 Å². The molecule has 1 saturated heterocycles. The third kappa shape index (κ3) is 10.5. The molecule has 0 aromatic heterocycles. The molecule has 0 saturated carbocycles. The van der Waals surface area contributed by atoms with E-state index in [0.29, 0.717) is 24.9 Å². The molecule has 3 rings (SSSR count). The number of hydrogen-bond acceptors (Lipinski definition) is 5. The first-order valence-corrected chi connectivity index (χ1v) is 15.5. The van der Waals surface area contributed by atoms with Crippen molar-refractivity contribution in [2.45, 2.75) is 65.6 Å². The Hall–Kier alpha value is -2.51. The van der Waals surface area contributed by atoms with Crippen molar-refractivity contribution in [1.82, 2.24) is 15.1 Å². The summed E-state index contributed by atoms with van der Waals surface area (Å²) in [4.78, 5) is 31.4. The summed E-state index contributed by atoms with van der Waals surface area (Å²) in [5.41, 5.74) is 2.12. The molecule has 2 aromatic rings. The quantitative estimate of drug-likeness (QED) is 0.346. The normalized spacial score (nSPS) is 15.4. The molecule has 0 aliphatic carbocycles. The fraction of sp³-hybridized carbons (Fsp3) is 0.562. The van der Waals surface area contributed by atoms with Crippen molar-refractivity contribution in [3.8, 4) is 5.75 Å². The molecule has 214 valence electrons. The van der Waals surface area contributed by atoms with Crippen molar-refractivity contribution in [3.63, 3.8) is 0 Å². The van der Waals surface area contributed by atoms with Gasteiger partial charge in [-0.2, -0.15) is 11.8 Å². The Kier molecular flexibility index (Phi) is 12.7. The lowest BCUT2D eigenvalue weighted by Crippen LogP contribution is -2.56. The highest BCUT2D eigenvalue weighted by atomic mass is 32.2. The molecule has 1 N–H and O–H groups in total. The summed E-state index contributed by atoms with van der Waals surface area (Å²) in [5, 5.41) is 3.19. The predicted molar refractivity (Wildman–Crippen MR) is 162 cm³/mol. The Morgan fingerprint density at radius 1 is 0.949 bits per heavy atom. The maximum atomic E-state index is 13.7. The van der Waals surface area contributed by atoms with Crippen LogP contribution in [0.25, 0.3) is 0 Å². The van der Waals surface area contributed by atoms with E-state index in [4.69, 9.17) is 4.74 Å². The van der Waals surface area contributed by atoms with Gasteiger partial charge in [0, 0.05) is 31.0 Å². The molecule has 2 amide bonds. The molecule has 0 spiro atoms. The second-order valence-corrected chi connectivity index (χ2v) is 12.7. The van der Waals surface area contributed by atoms with Crippen LogP contribution in [0.3, 0.4) is 0 Å². The minimum absolute atomic E-state index is 0.0150. The van der Waals surface area contributed by atoms with E-state index in [0.717, 1.165) is 60.9 Å². The lowest BCUT2D eigenvalue weighted by Gasteiger charge is -2.33. The Labute approximate surface area is 239 Å².